The van der Waals surface area contributed by atoms with Crippen molar-refractivity contribution in [2.24, 2.45) is 0 Å². The minimum absolute atomic E-state index is 0.788. The van der Waals surface area contributed by atoms with Crippen LogP contribution in [0.4, 0.5) is 0 Å². The molecule has 0 saturated carbocycles. The molecule has 0 amide bonds. The van der Waals surface area contributed by atoms with Crippen LogP contribution in [0.15, 0.2) is 48.5 Å². The summed E-state index contributed by atoms with van der Waals surface area (Å²) in [6.07, 6.45) is 5.13. The Morgan fingerprint density at radius 3 is 2.67 bits per heavy atom. The van der Waals surface area contributed by atoms with Crippen LogP contribution in [0, 0.1) is 0 Å². The van der Waals surface area contributed by atoms with Crippen LogP contribution in [0.2, 0.25) is 0 Å². The Morgan fingerprint density at radius 2 is 1.88 bits per heavy atom. The molecule has 0 aliphatic heterocycles. The highest BCUT2D eigenvalue weighted by molar-refractivity contribution is 8.17. The predicted octanol–water partition coefficient (Wildman–Crippen LogP) is 5.87. The fourth-order valence-electron chi connectivity index (χ4n) is 3.20. The Labute approximate surface area is 157 Å². The van der Waals surface area contributed by atoms with Crippen molar-refractivity contribution in [3.63, 3.8) is 0 Å². The summed E-state index contributed by atoms with van der Waals surface area (Å²) >= 11 is 6.83. The van der Waals surface area contributed by atoms with Gasteiger partial charge in [0.05, 0.1) is 0 Å². The lowest BCUT2D eigenvalue weighted by atomic mass is 9.92. The number of halogens is 2. The smallest absolute Gasteiger partial charge is 0.166 e. The van der Waals surface area contributed by atoms with Crippen molar-refractivity contribution in [2.45, 2.75) is 19.3 Å². The second-order valence-electron chi connectivity index (χ2n) is 5.83. The predicted molar refractivity (Wildman–Crippen MR) is 105 cm³/mol. The Morgan fingerprint density at radius 1 is 1.12 bits per heavy atom. The summed E-state index contributed by atoms with van der Waals surface area (Å²) < 4.78 is 7.32. The van der Waals surface area contributed by atoms with E-state index in [-0.39, 0.29) is 0 Å². The molecule has 2 aromatic rings. The first-order valence-corrected chi connectivity index (χ1v) is 9.84. The molecule has 3 rings (SSSR count). The van der Waals surface area contributed by atoms with Gasteiger partial charge in [0.2, 0.25) is 0 Å². The molecule has 2 aromatic carbocycles. The van der Waals surface area contributed by atoms with E-state index in [2.05, 4.69) is 36.4 Å². The summed E-state index contributed by atoms with van der Waals surface area (Å²) in [6.45, 7) is 0.788. The van der Waals surface area contributed by atoms with Crippen molar-refractivity contribution < 1.29 is 4.18 Å². The third-order valence-electron chi connectivity index (χ3n) is 4.26. The van der Waals surface area contributed by atoms with Gasteiger partial charge in [0.15, 0.2) is 11.3 Å². The number of nitrogens with zero attached hydrogens (tertiary/aromatic N) is 1. The van der Waals surface area contributed by atoms with Gasteiger partial charge >= 0.3 is 0 Å². The second kappa shape index (κ2) is 8.30. The molecular formula is C19H19Cl2NOS. The minimum atomic E-state index is 0.788. The zero-order chi connectivity index (χ0) is 16.9. The van der Waals surface area contributed by atoms with Crippen molar-refractivity contribution >= 4 is 39.3 Å². The minimum Gasteiger partial charge on any atom is -0.409 e. The molecule has 0 N–H and O–H groups in total. The van der Waals surface area contributed by atoms with Crippen LogP contribution in [-0.4, -0.2) is 18.0 Å². The van der Waals surface area contributed by atoms with Gasteiger partial charge < -0.3 is 4.18 Å². The zero-order valence-corrected chi connectivity index (χ0v) is 15.8. The molecule has 0 radical (unpaired) electrons. The Hall–Kier alpha value is -1.13. The van der Waals surface area contributed by atoms with Crippen LogP contribution in [-0.2, 0) is 12.8 Å². The summed E-state index contributed by atoms with van der Waals surface area (Å²) in [5.41, 5.74) is 6.28. The first-order valence-electron chi connectivity index (χ1n) is 7.93. The third kappa shape index (κ3) is 3.92. The molecule has 1 aliphatic rings. The van der Waals surface area contributed by atoms with Gasteiger partial charge in [-0.2, -0.15) is 0 Å². The van der Waals surface area contributed by atoms with E-state index < -0.39 is 0 Å². The van der Waals surface area contributed by atoms with Gasteiger partial charge in [-0.25, -0.2) is 4.42 Å². The molecule has 0 heterocycles. The monoisotopic (exact) mass is 379 g/mol. The third-order valence-corrected chi connectivity index (χ3v) is 4.86. The van der Waals surface area contributed by atoms with Crippen LogP contribution >= 0.6 is 33.7 Å². The quantitative estimate of drug-likeness (QED) is 0.475. The first kappa shape index (κ1) is 17.7. The Balaban J connectivity index is 2.13. The van der Waals surface area contributed by atoms with Gasteiger partial charge in [-0.05, 0) is 59.4 Å². The van der Waals surface area contributed by atoms with Crippen molar-refractivity contribution in [3.8, 4) is 5.75 Å². The highest BCUT2D eigenvalue weighted by atomic mass is 35.7. The number of rotatable bonds is 5. The molecule has 0 fully saturated rings. The van der Waals surface area contributed by atoms with Crippen molar-refractivity contribution in [2.75, 3.05) is 13.6 Å². The highest BCUT2D eigenvalue weighted by Crippen LogP contribution is 2.40. The Kier molecular flexibility index (Phi) is 6.12. The van der Waals surface area contributed by atoms with Crippen LogP contribution < -0.4 is 4.18 Å². The largest absolute Gasteiger partial charge is 0.409 e. The van der Waals surface area contributed by atoms with E-state index in [0.717, 1.165) is 48.4 Å². The fraction of sp³-hybridized carbons (Fsp3) is 0.263. The second-order valence-corrected chi connectivity index (χ2v) is 7.08. The fourth-order valence-corrected chi connectivity index (χ4v) is 3.71. The number of hydrogen-bond acceptors (Lipinski definition) is 3. The van der Waals surface area contributed by atoms with E-state index in [1.54, 1.807) is 4.42 Å². The van der Waals surface area contributed by atoms with Crippen molar-refractivity contribution in [1.82, 2.24) is 4.42 Å². The first-order chi connectivity index (χ1) is 11.7. The van der Waals surface area contributed by atoms with Crippen molar-refractivity contribution in [1.29, 1.82) is 0 Å². The molecule has 1 aliphatic carbocycles. The Bertz CT molecular complexity index is 746. The maximum absolute atomic E-state index is 5.97. The number of fused-ring (bicyclic) bond motifs is 2. The maximum Gasteiger partial charge on any atom is 0.166 e. The van der Waals surface area contributed by atoms with Crippen LogP contribution in [0.1, 0.15) is 28.7 Å². The van der Waals surface area contributed by atoms with E-state index >= 15 is 0 Å². The van der Waals surface area contributed by atoms with E-state index in [4.69, 9.17) is 26.6 Å². The van der Waals surface area contributed by atoms with E-state index in [0.29, 0.717) is 0 Å². The van der Waals surface area contributed by atoms with Gasteiger partial charge in [-0.15, -0.1) is 0 Å². The molecule has 0 saturated heterocycles. The molecule has 0 bridgehead atoms. The summed E-state index contributed by atoms with van der Waals surface area (Å²) in [4.78, 5) is 0. The van der Waals surface area contributed by atoms with Gasteiger partial charge in [-0.3, -0.25) is 0 Å². The average molecular weight is 380 g/mol. The molecule has 0 spiro atoms. The highest BCUT2D eigenvalue weighted by Gasteiger charge is 2.21. The van der Waals surface area contributed by atoms with Crippen LogP contribution in [0.3, 0.4) is 0 Å². The molecular weight excluding hydrogens is 361 g/mol. The topological polar surface area (TPSA) is 12.5 Å². The molecule has 2 nitrogen and oxygen atoms in total. The molecule has 0 aromatic heterocycles. The summed E-state index contributed by atoms with van der Waals surface area (Å²) in [5.74, 6) is 0.815. The summed E-state index contributed by atoms with van der Waals surface area (Å²) in [5, 5.41) is 0. The van der Waals surface area contributed by atoms with Crippen molar-refractivity contribution in [3.05, 3.63) is 70.8 Å². The lowest BCUT2D eigenvalue weighted by molar-refractivity contribution is 0.557. The van der Waals surface area contributed by atoms with Gasteiger partial charge in [0, 0.05) is 29.8 Å². The standard InChI is InChI=1S/C19H19Cl2NOS/c1-22(20)13-5-9-17-16-8-3-2-6-14(16)11-12-15-7-4-10-18(19(15)17)23-24-21/h2-4,6-10H,5,11-13H2,1H3/b17-9+. The number of hydrogen-bond donors (Lipinski definition) is 0. The molecule has 0 atom stereocenters. The van der Waals surface area contributed by atoms with Gasteiger partial charge in [0.1, 0.15) is 5.75 Å². The lowest BCUT2D eigenvalue weighted by Gasteiger charge is -2.16. The number of benzene rings is 2. The van der Waals surface area contributed by atoms with E-state index in [1.165, 1.54) is 22.3 Å². The van der Waals surface area contributed by atoms with E-state index in [9.17, 15) is 0 Å². The summed E-state index contributed by atoms with van der Waals surface area (Å²) in [7, 11) is 7.63. The average Bonchev–Trinajstić information content (AvgIpc) is 2.73. The summed E-state index contributed by atoms with van der Waals surface area (Å²) in [6, 6.07) is 14.8. The molecule has 24 heavy (non-hydrogen) atoms. The number of aryl methyl sites for hydroxylation is 2. The van der Waals surface area contributed by atoms with Crippen LogP contribution in [0.5, 0.6) is 5.75 Å². The van der Waals surface area contributed by atoms with Gasteiger partial charge in [0.25, 0.3) is 0 Å². The SMILES string of the molecule is CN(Cl)CC/C=C1\c2ccccc2CCc2cccc(OSCl)c21. The van der Waals surface area contributed by atoms with Crippen LogP contribution in [0.25, 0.3) is 5.57 Å². The molecule has 0 unspecified atom stereocenters. The van der Waals surface area contributed by atoms with E-state index in [1.807, 2.05) is 19.2 Å². The molecule has 126 valence electrons. The molecule has 5 heteroatoms. The zero-order valence-electron chi connectivity index (χ0n) is 13.5. The maximum atomic E-state index is 5.97. The lowest BCUT2D eigenvalue weighted by Crippen LogP contribution is -2.05. The normalized spacial score (nSPS) is 15.1. The van der Waals surface area contributed by atoms with Gasteiger partial charge in [-0.1, -0.05) is 42.5 Å².